The number of sulfonamides is 1. The second kappa shape index (κ2) is 8.43. The Kier molecular flexibility index (Phi) is 5.69. The molecule has 8 nitrogen and oxygen atoms in total. The zero-order chi connectivity index (χ0) is 22.0. The fourth-order valence-corrected chi connectivity index (χ4v) is 5.10. The first-order valence-corrected chi connectivity index (χ1v) is 11.6. The third kappa shape index (κ3) is 4.56. The molecule has 3 aromatic rings. The van der Waals surface area contributed by atoms with Gasteiger partial charge in [-0.05, 0) is 48.4 Å². The molecule has 1 aliphatic rings. The zero-order valence-corrected chi connectivity index (χ0v) is 18.3. The van der Waals surface area contributed by atoms with Gasteiger partial charge in [-0.25, -0.2) is 13.1 Å². The smallest absolute Gasteiger partial charge is 0.256 e. The molecule has 0 bridgehead atoms. The van der Waals surface area contributed by atoms with E-state index in [-0.39, 0.29) is 11.7 Å². The molecule has 0 aliphatic carbocycles. The number of nitrogens with one attached hydrogen (secondary N) is 1. The molecule has 2 heterocycles. The zero-order valence-electron chi connectivity index (χ0n) is 17.5. The van der Waals surface area contributed by atoms with Gasteiger partial charge in [0.1, 0.15) is 5.82 Å². The van der Waals surface area contributed by atoms with E-state index in [1.54, 1.807) is 41.2 Å². The Balaban J connectivity index is 1.44. The first kappa shape index (κ1) is 20.9. The number of benzene rings is 2. The third-order valence-electron chi connectivity index (χ3n) is 5.26. The van der Waals surface area contributed by atoms with E-state index in [1.807, 2.05) is 43.3 Å². The van der Waals surface area contributed by atoms with Crippen LogP contribution >= 0.6 is 0 Å². The maximum absolute atomic E-state index is 12.7. The lowest BCUT2D eigenvalue weighted by Gasteiger charge is -2.17. The Bertz CT molecular complexity index is 1170. The SMILES string of the molecule is CN(C)c1ccc(Cn2nccc2NC(=O)c2ccc(N3CCCS3(=O)=O)cc2)cc1. The normalized spacial score (nSPS) is 15.1. The van der Waals surface area contributed by atoms with Crippen molar-refractivity contribution >= 4 is 33.1 Å². The van der Waals surface area contributed by atoms with Gasteiger partial charge < -0.3 is 10.2 Å². The highest BCUT2D eigenvalue weighted by atomic mass is 32.2. The van der Waals surface area contributed by atoms with Crippen LogP contribution in [0, 0.1) is 0 Å². The lowest BCUT2D eigenvalue weighted by atomic mass is 10.2. The quantitative estimate of drug-likeness (QED) is 0.638. The van der Waals surface area contributed by atoms with Crippen LogP contribution in [0.15, 0.2) is 60.8 Å². The standard InChI is InChI=1S/C22H25N5O3S/c1-25(2)19-8-4-17(5-9-19)16-26-21(12-13-23-26)24-22(28)18-6-10-20(11-7-18)27-14-3-15-31(27,29)30/h4-13H,3,14-16H2,1-2H3,(H,24,28). The minimum atomic E-state index is -3.24. The second-order valence-corrected chi connectivity index (χ2v) is 9.69. The molecule has 9 heteroatoms. The van der Waals surface area contributed by atoms with Crippen LogP contribution in [-0.2, 0) is 16.6 Å². The van der Waals surface area contributed by atoms with E-state index < -0.39 is 10.0 Å². The van der Waals surface area contributed by atoms with Gasteiger partial charge in [0.25, 0.3) is 5.91 Å². The van der Waals surface area contributed by atoms with Crippen molar-refractivity contribution in [3.63, 3.8) is 0 Å². The number of carbonyl (C=O) groups excluding carboxylic acids is 1. The molecule has 1 amide bonds. The van der Waals surface area contributed by atoms with Gasteiger partial charge in [-0.1, -0.05) is 12.1 Å². The first-order chi connectivity index (χ1) is 14.8. The van der Waals surface area contributed by atoms with Crippen LogP contribution in [0.2, 0.25) is 0 Å². The molecule has 1 saturated heterocycles. The highest BCUT2D eigenvalue weighted by molar-refractivity contribution is 7.93. The van der Waals surface area contributed by atoms with Gasteiger partial charge in [-0.2, -0.15) is 5.10 Å². The van der Waals surface area contributed by atoms with Gasteiger partial charge in [0.05, 0.1) is 24.2 Å². The minimum absolute atomic E-state index is 0.164. The first-order valence-electron chi connectivity index (χ1n) is 10.0. The maximum Gasteiger partial charge on any atom is 0.256 e. The molecule has 4 rings (SSSR count). The summed E-state index contributed by atoms with van der Waals surface area (Å²) in [5.74, 6) is 0.477. The second-order valence-electron chi connectivity index (χ2n) is 7.68. The van der Waals surface area contributed by atoms with Crippen LogP contribution in [-0.4, -0.2) is 50.5 Å². The topological polar surface area (TPSA) is 87.5 Å². The number of hydrogen-bond acceptors (Lipinski definition) is 5. The average Bonchev–Trinajstić information content (AvgIpc) is 3.33. The summed E-state index contributed by atoms with van der Waals surface area (Å²) in [5, 5.41) is 7.20. The Morgan fingerprint density at radius 1 is 1.06 bits per heavy atom. The molecular weight excluding hydrogens is 414 g/mol. The largest absolute Gasteiger partial charge is 0.378 e. The summed E-state index contributed by atoms with van der Waals surface area (Å²) < 4.78 is 27.3. The van der Waals surface area contributed by atoms with Gasteiger partial charge in [0.2, 0.25) is 10.0 Å². The van der Waals surface area contributed by atoms with E-state index in [1.165, 1.54) is 4.31 Å². The van der Waals surface area contributed by atoms with E-state index in [9.17, 15) is 13.2 Å². The summed E-state index contributed by atoms with van der Waals surface area (Å²) in [4.78, 5) is 14.7. The number of hydrogen-bond donors (Lipinski definition) is 1. The van der Waals surface area contributed by atoms with Crippen LogP contribution in [0.5, 0.6) is 0 Å². The summed E-state index contributed by atoms with van der Waals surface area (Å²) in [5.41, 5.74) is 3.22. The molecule has 0 atom stereocenters. The number of amides is 1. The van der Waals surface area contributed by atoms with Crippen molar-refractivity contribution in [3.8, 4) is 0 Å². The Morgan fingerprint density at radius 2 is 1.77 bits per heavy atom. The summed E-state index contributed by atoms with van der Waals surface area (Å²) >= 11 is 0. The molecule has 2 aromatic carbocycles. The number of carbonyl (C=O) groups is 1. The molecule has 1 fully saturated rings. The molecule has 31 heavy (non-hydrogen) atoms. The highest BCUT2D eigenvalue weighted by Crippen LogP contribution is 2.24. The number of rotatable bonds is 6. The summed E-state index contributed by atoms with van der Waals surface area (Å²) in [6.45, 7) is 1.00. The van der Waals surface area contributed by atoms with Gasteiger partial charge in [-0.15, -0.1) is 0 Å². The van der Waals surface area contributed by atoms with Crippen molar-refractivity contribution in [1.82, 2.24) is 9.78 Å². The van der Waals surface area contributed by atoms with Crippen LogP contribution in [0.1, 0.15) is 22.3 Å². The fourth-order valence-electron chi connectivity index (χ4n) is 3.53. The van der Waals surface area contributed by atoms with Gasteiger partial charge >= 0.3 is 0 Å². The summed E-state index contributed by atoms with van der Waals surface area (Å²) in [6, 6.07) is 16.5. The Hall–Kier alpha value is -3.33. The Morgan fingerprint density at radius 3 is 2.39 bits per heavy atom. The fraction of sp³-hybridized carbons (Fsp3) is 0.273. The monoisotopic (exact) mass is 439 g/mol. The van der Waals surface area contributed by atoms with Crippen molar-refractivity contribution in [2.45, 2.75) is 13.0 Å². The Labute approximate surface area is 182 Å². The molecule has 0 spiro atoms. The van der Waals surface area contributed by atoms with Crippen molar-refractivity contribution in [3.05, 3.63) is 71.9 Å². The number of aromatic nitrogens is 2. The van der Waals surface area contributed by atoms with Crippen LogP contribution in [0.25, 0.3) is 0 Å². The molecular formula is C22H25N5O3S. The molecule has 1 aliphatic heterocycles. The number of anilines is 3. The summed E-state index contributed by atoms with van der Waals surface area (Å²) in [6.07, 6.45) is 2.26. The predicted octanol–water partition coefficient (Wildman–Crippen LogP) is 2.79. The molecule has 1 aromatic heterocycles. The van der Waals surface area contributed by atoms with Crippen molar-refractivity contribution < 1.29 is 13.2 Å². The molecule has 0 saturated carbocycles. The lowest BCUT2D eigenvalue weighted by molar-refractivity contribution is 0.102. The predicted molar refractivity (Wildman–Crippen MR) is 122 cm³/mol. The van der Waals surface area contributed by atoms with E-state index in [0.29, 0.717) is 36.6 Å². The maximum atomic E-state index is 12.7. The lowest BCUT2D eigenvalue weighted by Crippen LogP contribution is -2.25. The van der Waals surface area contributed by atoms with Crippen LogP contribution < -0.4 is 14.5 Å². The molecule has 0 radical (unpaired) electrons. The summed E-state index contributed by atoms with van der Waals surface area (Å²) in [7, 11) is 0.747. The van der Waals surface area contributed by atoms with E-state index >= 15 is 0 Å². The molecule has 0 unspecified atom stereocenters. The van der Waals surface area contributed by atoms with Crippen molar-refractivity contribution in [2.75, 3.05) is 40.9 Å². The van der Waals surface area contributed by atoms with Gasteiger partial charge in [-0.3, -0.25) is 9.10 Å². The van der Waals surface area contributed by atoms with E-state index in [2.05, 4.69) is 10.4 Å². The van der Waals surface area contributed by atoms with Gasteiger partial charge in [0, 0.05) is 38.0 Å². The van der Waals surface area contributed by atoms with Crippen molar-refractivity contribution in [1.29, 1.82) is 0 Å². The van der Waals surface area contributed by atoms with E-state index in [0.717, 1.165) is 11.3 Å². The van der Waals surface area contributed by atoms with E-state index in [4.69, 9.17) is 0 Å². The molecule has 1 N–H and O–H groups in total. The van der Waals surface area contributed by atoms with Gasteiger partial charge in [0.15, 0.2) is 0 Å². The highest BCUT2D eigenvalue weighted by Gasteiger charge is 2.28. The average molecular weight is 440 g/mol. The minimum Gasteiger partial charge on any atom is -0.378 e. The van der Waals surface area contributed by atoms with Crippen LogP contribution in [0.4, 0.5) is 17.2 Å². The number of nitrogens with zero attached hydrogens (tertiary/aromatic N) is 4. The van der Waals surface area contributed by atoms with Crippen molar-refractivity contribution in [2.24, 2.45) is 0 Å². The third-order valence-corrected chi connectivity index (χ3v) is 7.13. The molecule has 162 valence electrons. The van der Waals surface area contributed by atoms with Crippen LogP contribution in [0.3, 0.4) is 0 Å².